The van der Waals surface area contributed by atoms with Crippen LogP contribution in [0.1, 0.15) is 21.9 Å². The third-order valence-electron chi connectivity index (χ3n) is 3.42. The van der Waals surface area contributed by atoms with Gasteiger partial charge in [0, 0.05) is 38.2 Å². The van der Waals surface area contributed by atoms with Crippen molar-refractivity contribution in [3.63, 3.8) is 0 Å². The van der Waals surface area contributed by atoms with Gasteiger partial charge in [0.05, 0.1) is 6.10 Å². The summed E-state index contributed by atoms with van der Waals surface area (Å²) in [5, 5.41) is 2.78. The molecule has 20 heavy (non-hydrogen) atoms. The number of hydrogen-bond donors (Lipinski definition) is 1. The lowest BCUT2D eigenvalue weighted by Gasteiger charge is -2.35. The molecule has 1 aliphatic rings. The first-order valence-electron chi connectivity index (χ1n) is 6.68. The number of nitrogens with two attached hydrogens (primary N) is 1. The molecule has 0 aliphatic carbocycles. The van der Waals surface area contributed by atoms with Crippen LogP contribution in [-0.2, 0) is 11.3 Å². The highest BCUT2D eigenvalue weighted by Gasteiger charge is 2.30. The minimum Gasteiger partial charge on any atom is -0.378 e. The summed E-state index contributed by atoms with van der Waals surface area (Å²) < 4.78 is 5.33. The number of thiazole rings is 1. The molecule has 0 spiro atoms. The summed E-state index contributed by atoms with van der Waals surface area (Å²) in [4.78, 5) is 20.7. The summed E-state index contributed by atoms with van der Waals surface area (Å²) >= 11 is 1.52. The van der Waals surface area contributed by atoms with Crippen molar-refractivity contribution in [2.24, 2.45) is 5.73 Å². The number of carbonyl (C=O) groups excluding carboxylic acids is 1. The van der Waals surface area contributed by atoms with Gasteiger partial charge in [-0.2, -0.15) is 0 Å². The van der Waals surface area contributed by atoms with Crippen molar-refractivity contribution in [2.45, 2.75) is 25.1 Å². The number of ether oxygens (including phenoxy) is 1. The van der Waals surface area contributed by atoms with Gasteiger partial charge in [0.25, 0.3) is 5.91 Å². The highest BCUT2D eigenvalue weighted by Crippen LogP contribution is 2.17. The number of rotatable bonds is 4. The van der Waals surface area contributed by atoms with Gasteiger partial charge in [-0.25, -0.2) is 4.98 Å². The second-order valence-corrected chi connectivity index (χ2v) is 6.28. The maximum Gasteiger partial charge on any atom is 0.273 e. The Labute approximate surface area is 123 Å². The molecule has 0 unspecified atom stereocenters. The molecule has 2 N–H and O–H groups in total. The fourth-order valence-corrected chi connectivity index (χ4v) is 3.17. The van der Waals surface area contributed by atoms with Crippen LogP contribution in [0.4, 0.5) is 0 Å². The van der Waals surface area contributed by atoms with Gasteiger partial charge in [-0.15, -0.1) is 11.3 Å². The Balaban J connectivity index is 2.02. The fourth-order valence-electron chi connectivity index (χ4n) is 2.28. The van der Waals surface area contributed by atoms with Crippen LogP contribution < -0.4 is 5.73 Å². The number of methoxy groups -OCH3 is 1. The quantitative estimate of drug-likeness (QED) is 0.871. The first-order chi connectivity index (χ1) is 9.51. The van der Waals surface area contributed by atoms with Gasteiger partial charge in [0.15, 0.2) is 0 Å². The Bertz CT molecular complexity index is 463. The van der Waals surface area contributed by atoms with E-state index in [0.29, 0.717) is 18.8 Å². The van der Waals surface area contributed by atoms with E-state index in [2.05, 4.69) is 4.98 Å². The molecule has 0 bridgehead atoms. The summed E-state index contributed by atoms with van der Waals surface area (Å²) in [6.45, 7) is 1.96. The second kappa shape index (κ2) is 6.62. The first kappa shape index (κ1) is 15.4. The van der Waals surface area contributed by atoms with Gasteiger partial charge < -0.3 is 20.3 Å². The van der Waals surface area contributed by atoms with Gasteiger partial charge in [-0.05, 0) is 20.5 Å². The summed E-state index contributed by atoms with van der Waals surface area (Å²) in [5.41, 5.74) is 6.49. The first-order valence-corrected chi connectivity index (χ1v) is 7.56. The lowest BCUT2D eigenvalue weighted by molar-refractivity contribution is 0.0159. The van der Waals surface area contributed by atoms with E-state index in [1.54, 1.807) is 12.0 Å². The summed E-state index contributed by atoms with van der Waals surface area (Å²) in [6, 6.07) is 0.00351. The maximum absolute atomic E-state index is 12.4. The summed E-state index contributed by atoms with van der Waals surface area (Å²) in [6.07, 6.45) is 0.673. The van der Waals surface area contributed by atoms with Crippen LogP contribution >= 0.6 is 11.3 Å². The minimum absolute atomic E-state index is 0.00351. The predicted molar refractivity (Wildman–Crippen MR) is 78.8 cm³/mol. The maximum atomic E-state index is 12.4. The van der Waals surface area contributed by atoms with Gasteiger partial charge in [0.2, 0.25) is 0 Å². The number of nitrogens with zero attached hydrogens (tertiary/aromatic N) is 3. The number of carbonyl (C=O) groups is 1. The zero-order valence-electron chi connectivity index (χ0n) is 12.2. The van der Waals surface area contributed by atoms with Gasteiger partial charge in [0.1, 0.15) is 10.7 Å². The van der Waals surface area contributed by atoms with Crippen molar-refractivity contribution in [2.75, 3.05) is 34.3 Å². The Morgan fingerprint density at radius 1 is 1.65 bits per heavy atom. The van der Waals surface area contributed by atoms with Crippen LogP contribution in [0.2, 0.25) is 0 Å². The molecule has 6 nitrogen and oxygen atoms in total. The van der Waals surface area contributed by atoms with Crippen molar-refractivity contribution < 1.29 is 9.53 Å². The molecule has 2 rings (SSSR count). The molecule has 1 fully saturated rings. The molecule has 112 valence electrons. The molecule has 7 heteroatoms. The van der Waals surface area contributed by atoms with E-state index in [4.69, 9.17) is 10.5 Å². The number of aromatic nitrogens is 1. The highest BCUT2D eigenvalue weighted by atomic mass is 32.1. The monoisotopic (exact) mass is 298 g/mol. The number of likely N-dealkylation sites (tertiary alicyclic amines) is 1. The van der Waals surface area contributed by atoms with Gasteiger partial charge >= 0.3 is 0 Å². The fraction of sp³-hybridized carbons (Fsp3) is 0.692. The highest BCUT2D eigenvalue weighted by molar-refractivity contribution is 7.09. The normalized spacial score (nSPS) is 23.4. The van der Waals surface area contributed by atoms with E-state index in [-0.39, 0.29) is 18.1 Å². The van der Waals surface area contributed by atoms with Crippen molar-refractivity contribution in [1.82, 2.24) is 14.8 Å². The molecule has 1 aromatic heterocycles. The van der Waals surface area contributed by atoms with E-state index in [1.807, 2.05) is 24.4 Å². The molecule has 2 atom stereocenters. The zero-order chi connectivity index (χ0) is 14.7. The van der Waals surface area contributed by atoms with E-state index in [1.165, 1.54) is 11.3 Å². The number of piperidine rings is 1. The summed E-state index contributed by atoms with van der Waals surface area (Å²) in [7, 11) is 5.60. The lowest BCUT2D eigenvalue weighted by Crippen LogP contribution is -2.53. The van der Waals surface area contributed by atoms with Crippen molar-refractivity contribution >= 4 is 17.2 Å². The third kappa shape index (κ3) is 3.54. The lowest BCUT2D eigenvalue weighted by atomic mass is 10.0. The molecule has 0 saturated carbocycles. The molecule has 1 amide bonds. The smallest absolute Gasteiger partial charge is 0.273 e. The van der Waals surface area contributed by atoms with E-state index >= 15 is 0 Å². The van der Waals surface area contributed by atoms with E-state index in [0.717, 1.165) is 18.0 Å². The SMILES string of the molecule is CO[C@@H]1CN(C(=O)c2csc(CN(C)C)n2)CC[C@@H]1N. The Hall–Kier alpha value is -1.02. The Morgan fingerprint density at radius 3 is 3.05 bits per heavy atom. The minimum atomic E-state index is -0.0902. The standard InChI is InChI=1S/C13H22N4O2S/c1-16(2)7-12-15-10(8-20-12)13(18)17-5-4-9(14)11(6-17)19-3/h8-9,11H,4-7,14H2,1-3H3/t9-,11+/m0/s1. The largest absolute Gasteiger partial charge is 0.378 e. The van der Waals surface area contributed by atoms with Crippen LogP contribution in [0.3, 0.4) is 0 Å². The van der Waals surface area contributed by atoms with Crippen LogP contribution in [0, 0.1) is 0 Å². The molecule has 0 radical (unpaired) electrons. The Kier molecular flexibility index (Phi) is 5.09. The molecule has 0 aromatic carbocycles. The molecule has 1 aliphatic heterocycles. The number of amides is 1. The summed E-state index contributed by atoms with van der Waals surface area (Å²) in [5.74, 6) is -0.0276. The third-order valence-corrected chi connectivity index (χ3v) is 4.26. The topological polar surface area (TPSA) is 71.7 Å². The van der Waals surface area contributed by atoms with Crippen LogP contribution in [-0.4, -0.2) is 67.1 Å². The van der Waals surface area contributed by atoms with Crippen molar-refractivity contribution in [3.05, 3.63) is 16.1 Å². The average Bonchev–Trinajstić information content (AvgIpc) is 2.86. The Morgan fingerprint density at radius 2 is 2.40 bits per heavy atom. The molecule has 1 aromatic rings. The van der Waals surface area contributed by atoms with Gasteiger partial charge in [-0.3, -0.25) is 4.79 Å². The molecular formula is C13H22N4O2S. The predicted octanol–water partition coefficient (Wildman–Crippen LogP) is 0.393. The average molecular weight is 298 g/mol. The number of hydrogen-bond acceptors (Lipinski definition) is 6. The molecule has 2 heterocycles. The van der Waals surface area contributed by atoms with Crippen molar-refractivity contribution in [3.8, 4) is 0 Å². The second-order valence-electron chi connectivity index (χ2n) is 5.34. The van der Waals surface area contributed by atoms with Crippen LogP contribution in [0.5, 0.6) is 0 Å². The molecular weight excluding hydrogens is 276 g/mol. The van der Waals surface area contributed by atoms with Gasteiger partial charge in [-0.1, -0.05) is 0 Å². The van der Waals surface area contributed by atoms with Crippen LogP contribution in [0.25, 0.3) is 0 Å². The molecule has 1 saturated heterocycles. The van der Waals surface area contributed by atoms with E-state index < -0.39 is 0 Å². The van der Waals surface area contributed by atoms with E-state index in [9.17, 15) is 4.79 Å². The zero-order valence-corrected chi connectivity index (χ0v) is 13.0. The van der Waals surface area contributed by atoms with Crippen molar-refractivity contribution in [1.29, 1.82) is 0 Å². The van der Waals surface area contributed by atoms with Crippen LogP contribution in [0.15, 0.2) is 5.38 Å².